The summed E-state index contributed by atoms with van der Waals surface area (Å²) in [6, 6.07) is 0. The first kappa shape index (κ1) is 16.2. The van der Waals surface area contributed by atoms with Crippen molar-refractivity contribution in [3.63, 3.8) is 0 Å². The van der Waals surface area contributed by atoms with E-state index in [9.17, 15) is 0 Å². The van der Waals surface area contributed by atoms with Crippen LogP contribution in [-0.4, -0.2) is 18.3 Å². The molecule has 40 valence electrons. The molecule has 0 fully saturated rings. The fourth-order valence-corrected chi connectivity index (χ4v) is 0. The van der Waals surface area contributed by atoms with Gasteiger partial charge in [-0.2, -0.15) is 0 Å². The van der Waals surface area contributed by atoms with Gasteiger partial charge in [0.1, 0.15) is 0 Å². The van der Waals surface area contributed by atoms with E-state index in [1.165, 1.54) is 0 Å². The van der Waals surface area contributed by atoms with Gasteiger partial charge in [0.25, 0.3) is 0 Å². The van der Waals surface area contributed by atoms with Crippen LogP contribution in [0.4, 0.5) is 0 Å². The van der Waals surface area contributed by atoms with Gasteiger partial charge in [-0.05, 0) is 0 Å². The molecule has 0 aliphatic heterocycles. The van der Waals surface area contributed by atoms with Crippen LogP contribution in [0.25, 0.3) is 0 Å². The summed E-state index contributed by atoms with van der Waals surface area (Å²) in [5, 5.41) is 0. The fraction of sp³-hybridized carbons (Fsp3) is 0. The zero-order chi connectivity index (χ0) is 3.58. The summed E-state index contributed by atoms with van der Waals surface area (Å²) in [6.45, 7) is 0. The van der Waals surface area contributed by atoms with Gasteiger partial charge in [0, 0.05) is 0 Å². The van der Waals surface area contributed by atoms with Gasteiger partial charge in [0.05, 0.1) is 0 Å². The summed E-state index contributed by atoms with van der Waals surface area (Å²) in [4.78, 5) is 0. The van der Waals surface area contributed by atoms with Crippen molar-refractivity contribution in [1.82, 2.24) is 0 Å². The van der Waals surface area contributed by atoms with Crippen LogP contribution in [0.3, 0.4) is 0 Å². The van der Waals surface area contributed by atoms with Gasteiger partial charge in [-0.15, -0.1) is 0 Å². The minimum atomic E-state index is -3.58. The first-order valence-corrected chi connectivity index (χ1v) is 2.69. The summed E-state index contributed by atoms with van der Waals surface area (Å²) in [5.74, 6) is 0. The SMILES string of the molecule is O.O.[O]=[Ti]([OH])[OH]. The van der Waals surface area contributed by atoms with E-state index in [1.807, 2.05) is 0 Å². The molecule has 0 bridgehead atoms. The van der Waals surface area contributed by atoms with E-state index in [2.05, 4.69) is 0 Å². The summed E-state index contributed by atoms with van der Waals surface area (Å²) >= 11 is -3.58. The van der Waals surface area contributed by atoms with Crippen molar-refractivity contribution in [2.45, 2.75) is 0 Å². The van der Waals surface area contributed by atoms with E-state index in [0.717, 1.165) is 0 Å². The Bertz CT molecular complexity index is 26.9. The molecular formula is H6O5Ti. The van der Waals surface area contributed by atoms with E-state index in [1.54, 1.807) is 0 Å². The summed E-state index contributed by atoms with van der Waals surface area (Å²) < 4.78 is 23.2. The molecule has 0 aromatic heterocycles. The van der Waals surface area contributed by atoms with Crippen molar-refractivity contribution in [1.29, 1.82) is 0 Å². The van der Waals surface area contributed by atoms with Crippen LogP contribution < -0.4 is 0 Å². The first-order valence-electron chi connectivity index (χ1n) is 0.651. The van der Waals surface area contributed by atoms with E-state index in [4.69, 9.17) is 10.7 Å². The monoisotopic (exact) mass is 134 g/mol. The Balaban J connectivity index is -0.0000000450. The molecule has 0 saturated heterocycles. The van der Waals surface area contributed by atoms with Crippen LogP contribution in [0.2, 0.25) is 0 Å². The maximum absolute atomic E-state index is 8.81. The summed E-state index contributed by atoms with van der Waals surface area (Å²) in [6.07, 6.45) is 0. The molecule has 0 radical (unpaired) electrons. The van der Waals surface area contributed by atoms with Crippen molar-refractivity contribution >= 4 is 0 Å². The Morgan fingerprint density at radius 1 is 1.17 bits per heavy atom. The molecule has 0 aliphatic carbocycles. The Hall–Kier alpha value is 0.354. The van der Waals surface area contributed by atoms with Crippen LogP contribution in [0.1, 0.15) is 0 Å². The third kappa shape index (κ3) is 390. The van der Waals surface area contributed by atoms with Gasteiger partial charge in [-0.25, -0.2) is 0 Å². The average molecular weight is 134 g/mol. The molecule has 5 nitrogen and oxygen atoms in total. The predicted molar refractivity (Wildman–Crippen MR) is 12.4 cm³/mol. The first-order chi connectivity index (χ1) is 1.73. The second-order valence-corrected chi connectivity index (χ2v) is 1.17. The standard InChI is InChI=1S/4H2O.O.Ti/h4*1H2;;/q;;;;;+2/p-2. The number of rotatable bonds is 0. The van der Waals surface area contributed by atoms with Gasteiger partial charge in [-0.1, -0.05) is 0 Å². The normalized spacial score (nSPS) is 4.33. The average Bonchev–Trinajstić information content (AvgIpc) is 0.811. The Morgan fingerprint density at radius 3 is 1.17 bits per heavy atom. The molecule has 0 heterocycles. The van der Waals surface area contributed by atoms with Crippen molar-refractivity contribution in [2.75, 3.05) is 0 Å². The zero-order valence-electron chi connectivity index (χ0n) is 2.80. The van der Waals surface area contributed by atoms with Crippen molar-refractivity contribution in [3.05, 3.63) is 0 Å². The molecule has 0 spiro atoms. The summed E-state index contributed by atoms with van der Waals surface area (Å²) in [5.41, 5.74) is 0. The molecule has 0 aliphatic rings. The second-order valence-electron chi connectivity index (χ2n) is 0.283. The van der Waals surface area contributed by atoms with Crippen LogP contribution in [-0.2, 0) is 21.9 Å². The molecule has 6 N–H and O–H groups in total. The molecule has 0 aromatic carbocycles. The molecule has 0 aromatic rings. The molecule has 6 heavy (non-hydrogen) atoms. The maximum atomic E-state index is 8.81. The quantitative estimate of drug-likeness (QED) is 0.346. The third-order valence-electron chi connectivity index (χ3n) is 0. The molecule has 0 rings (SSSR count). The molecule has 0 amide bonds. The van der Waals surface area contributed by atoms with Gasteiger partial charge >= 0.3 is 29.3 Å². The molecule has 0 saturated carbocycles. The van der Waals surface area contributed by atoms with Gasteiger partial charge < -0.3 is 11.0 Å². The number of hydrogen-bond acceptors (Lipinski definition) is 1. The fourth-order valence-electron chi connectivity index (χ4n) is 0. The zero-order valence-corrected chi connectivity index (χ0v) is 4.36. The van der Waals surface area contributed by atoms with Crippen LogP contribution in [0, 0.1) is 0 Å². The molecule has 0 atom stereocenters. The summed E-state index contributed by atoms with van der Waals surface area (Å²) in [7, 11) is 0. The van der Waals surface area contributed by atoms with E-state index in [0.29, 0.717) is 0 Å². The molecular weight excluding hydrogens is 128 g/mol. The topological polar surface area (TPSA) is 121 Å². The van der Waals surface area contributed by atoms with Crippen LogP contribution in [0.15, 0.2) is 0 Å². The Kier molecular flexibility index (Phi) is 24.3. The van der Waals surface area contributed by atoms with E-state index >= 15 is 0 Å². The van der Waals surface area contributed by atoms with Gasteiger partial charge in [-0.3, -0.25) is 0 Å². The second kappa shape index (κ2) is 9.02. The van der Waals surface area contributed by atoms with Crippen LogP contribution in [0.5, 0.6) is 0 Å². The molecule has 6 heteroatoms. The number of hydrogen-bond donors (Lipinski definition) is 2. The van der Waals surface area contributed by atoms with Crippen molar-refractivity contribution < 1.29 is 40.3 Å². The van der Waals surface area contributed by atoms with Crippen LogP contribution >= 0.6 is 0 Å². The predicted octanol–water partition coefficient (Wildman–Crippen LogP) is -2.88. The Labute approximate surface area is 40.9 Å². The Morgan fingerprint density at radius 2 is 1.17 bits per heavy atom. The minimum absolute atomic E-state index is 0. The third-order valence-corrected chi connectivity index (χ3v) is 0. The van der Waals surface area contributed by atoms with Gasteiger partial charge in [0.2, 0.25) is 0 Å². The van der Waals surface area contributed by atoms with Crippen molar-refractivity contribution in [2.24, 2.45) is 0 Å². The molecule has 0 unspecified atom stereocenters. The van der Waals surface area contributed by atoms with Gasteiger partial charge in [0.15, 0.2) is 0 Å². The van der Waals surface area contributed by atoms with Crippen molar-refractivity contribution in [3.8, 4) is 0 Å². The van der Waals surface area contributed by atoms with E-state index < -0.39 is 18.6 Å². The van der Waals surface area contributed by atoms with E-state index in [-0.39, 0.29) is 11.0 Å².